The van der Waals surface area contributed by atoms with Crippen molar-refractivity contribution in [3.8, 4) is 11.5 Å². The van der Waals surface area contributed by atoms with E-state index in [-0.39, 0.29) is 11.7 Å². The summed E-state index contributed by atoms with van der Waals surface area (Å²) in [7, 11) is 0. The number of rotatable bonds is 3. The first-order chi connectivity index (χ1) is 11.2. The van der Waals surface area contributed by atoms with E-state index in [1.54, 1.807) is 30.3 Å². The highest BCUT2D eigenvalue weighted by Gasteiger charge is 2.13. The van der Waals surface area contributed by atoms with E-state index in [2.05, 4.69) is 10.5 Å². The van der Waals surface area contributed by atoms with Gasteiger partial charge in [-0.05, 0) is 35.9 Å². The maximum atomic E-state index is 12.8. The van der Waals surface area contributed by atoms with Crippen LogP contribution in [0.1, 0.15) is 22.3 Å². The monoisotopic (exact) mass is 314 g/mol. The van der Waals surface area contributed by atoms with Crippen LogP contribution >= 0.6 is 0 Å². The van der Waals surface area contributed by atoms with Gasteiger partial charge in [0.1, 0.15) is 5.82 Å². The lowest BCUT2D eigenvalue weighted by Crippen LogP contribution is -2.17. The fraction of sp³-hybridized carbons (Fsp3) is 0.176. The van der Waals surface area contributed by atoms with Gasteiger partial charge in [-0.15, -0.1) is 0 Å². The summed E-state index contributed by atoms with van der Waals surface area (Å²) < 4.78 is 23.8. The van der Waals surface area contributed by atoms with E-state index < -0.39 is 0 Å². The van der Waals surface area contributed by atoms with Gasteiger partial charge in [-0.2, -0.15) is 5.10 Å². The average Bonchev–Trinajstić information content (AvgIpc) is 2.81. The van der Waals surface area contributed by atoms with Crippen molar-refractivity contribution in [2.45, 2.75) is 6.42 Å². The molecule has 0 atom stereocenters. The van der Waals surface area contributed by atoms with Gasteiger partial charge in [0.05, 0.1) is 19.4 Å². The van der Waals surface area contributed by atoms with Crippen LogP contribution in [0.5, 0.6) is 11.5 Å². The van der Waals surface area contributed by atoms with Gasteiger partial charge in [0.15, 0.2) is 11.5 Å². The summed E-state index contributed by atoms with van der Waals surface area (Å²) in [4.78, 5) is 12.1. The van der Waals surface area contributed by atoms with E-state index in [0.29, 0.717) is 35.8 Å². The molecular weight excluding hydrogens is 299 g/mol. The molecule has 118 valence electrons. The Balaban J connectivity index is 1.66. The summed E-state index contributed by atoms with van der Waals surface area (Å²) in [5, 5.41) is 3.86. The lowest BCUT2D eigenvalue weighted by Gasteiger charge is -2.08. The average molecular weight is 314 g/mol. The molecule has 2 aromatic carbocycles. The summed E-state index contributed by atoms with van der Waals surface area (Å²) >= 11 is 0. The van der Waals surface area contributed by atoms with Crippen LogP contribution in [0.15, 0.2) is 47.6 Å². The van der Waals surface area contributed by atoms with Crippen LogP contribution in [-0.4, -0.2) is 25.3 Å². The molecule has 0 spiro atoms. The molecule has 1 N–H and O–H groups in total. The van der Waals surface area contributed by atoms with Crippen molar-refractivity contribution in [3.05, 3.63) is 59.4 Å². The third-order valence-corrected chi connectivity index (χ3v) is 3.26. The van der Waals surface area contributed by atoms with E-state index in [4.69, 9.17) is 9.47 Å². The number of halogens is 1. The molecule has 0 saturated heterocycles. The lowest BCUT2D eigenvalue weighted by atomic mass is 10.2. The quantitative estimate of drug-likeness (QED) is 0.700. The van der Waals surface area contributed by atoms with E-state index in [0.717, 1.165) is 6.42 Å². The highest BCUT2D eigenvalue weighted by molar-refractivity contribution is 5.95. The molecule has 0 aromatic heterocycles. The van der Waals surface area contributed by atoms with Gasteiger partial charge >= 0.3 is 0 Å². The number of hydrazone groups is 1. The second-order valence-corrected chi connectivity index (χ2v) is 4.96. The molecule has 0 saturated carbocycles. The van der Waals surface area contributed by atoms with Crippen molar-refractivity contribution in [3.63, 3.8) is 0 Å². The van der Waals surface area contributed by atoms with Gasteiger partial charge < -0.3 is 9.47 Å². The summed E-state index contributed by atoms with van der Waals surface area (Å²) in [5.74, 6) is 0.504. The zero-order valence-corrected chi connectivity index (χ0v) is 12.3. The van der Waals surface area contributed by atoms with Crippen molar-refractivity contribution in [2.75, 3.05) is 13.2 Å². The maximum Gasteiger partial charge on any atom is 0.271 e. The Labute approximate surface area is 132 Å². The standard InChI is InChI=1S/C17H15FN2O3/c18-14-5-2-12(3-6-14)11-19-20-17(21)13-4-7-15-16(10-13)23-9-1-8-22-15/h2-7,10-11H,1,8-9H2,(H,20,21)/b19-11+. The lowest BCUT2D eigenvalue weighted by molar-refractivity contribution is 0.0954. The zero-order chi connectivity index (χ0) is 16.1. The van der Waals surface area contributed by atoms with Gasteiger partial charge in [0.2, 0.25) is 0 Å². The number of hydrogen-bond donors (Lipinski definition) is 1. The van der Waals surface area contributed by atoms with Crippen molar-refractivity contribution < 1.29 is 18.7 Å². The number of benzene rings is 2. The summed E-state index contributed by atoms with van der Waals surface area (Å²) in [6, 6.07) is 10.8. The molecule has 23 heavy (non-hydrogen) atoms. The van der Waals surface area contributed by atoms with Gasteiger partial charge in [-0.3, -0.25) is 4.79 Å². The van der Waals surface area contributed by atoms with E-state index in [1.807, 2.05) is 0 Å². The Bertz CT molecular complexity index is 729. The fourth-order valence-electron chi connectivity index (χ4n) is 2.08. The van der Waals surface area contributed by atoms with Gasteiger partial charge in [-0.25, -0.2) is 9.82 Å². The molecular formula is C17H15FN2O3. The van der Waals surface area contributed by atoms with E-state index in [1.165, 1.54) is 18.3 Å². The van der Waals surface area contributed by atoms with Crippen molar-refractivity contribution >= 4 is 12.1 Å². The molecule has 0 unspecified atom stereocenters. The smallest absolute Gasteiger partial charge is 0.271 e. The first-order valence-corrected chi connectivity index (χ1v) is 7.21. The summed E-state index contributed by atoms with van der Waals surface area (Å²) in [5.41, 5.74) is 3.53. The Morgan fingerprint density at radius 2 is 1.83 bits per heavy atom. The van der Waals surface area contributed by atoms with Crippen molar-refractivity contribution in [1.82, 2.24) is 5.43 Å². The van der Waals surface area contributed by atoms with Gasteiger partial charge in [0, 0.05) is 12.0 Å². The zero-order valence-electron chi connectivity index (χ0n) is 12.3. The fourth-order valence-corrected chi connectivity index (χ4v) is 2.08. The van der Waals surface area contributed by atoms with Gasteiger partial charge in [0.25, 0.3) is 5.91 Å². The minimum absolute atomic E-state index is 0.321. The Kier molecular flexibility index (Phi) is 4.52. The van der Waals surface area contributed by atoms with Crippen LogP contribution in [0.25, 0.3) is 0 Å². The van der Waals surface area contributed by atoms with Crippen molar-refractivity contribution in [2.24, 2.45) is 5.10 Å². The number of amides is 1. The first kappa shape index (κ1) is 15.0. The summed E-state index contributed by atoms with van der Waals surface area (Å²) in [6.07, 6.45) is 2.25. The Morgan fingerprint density at radius 1 is 1.09 bits per heavy atom. The minimum Gasteiger partial charge on any atom is -0.490 e. The molecule has 1 aliphatic heterocycles. The third-order valence-electron chi connectivity index (χ3n) is 3.26. The van der Waals surface area contributed by atoms with Crippen LogP contribution in [0, 0.1) is 5.82 Å². The van der Waals surface area contributed by atoms with Crippen LogP contribution in [0.3, 0.4) is 0 Å². The molecule has 3 rings (SSSR count). The predicted molar refractivity (Wildman–Crippen MR) is 83.5 cm³/mol. The SMILES string of the molecule is O=C(N/N=C/c1ccc(F)cc1)c1ccc2c(c1)OCCCO2. The molecule has 0 fully saturated rings. The molecule has 0 bridgehead atoms. The molecule has 1 aliphatic rings. The molecule has 1 heterocycles. The van der Waals surface area contributed by atoms with Crippen LogP contribution in [0.2, 0.25) is 0 Å². The Hall–Kier alpha value is -2.89. The number of nitrogens with zero attached hydrogens (tertiary/aromatic N) is 1. The van der Waals surface area contributed by atoms with Crippen LogP contribution in [0.4, 0.5) is 4.39 Å². The number of hydrogen-bond acceptors (Lipinski definition) is 4. The molecule has 1 amide bonds. The largest absolute Gasteiger partial charge is 0.490 e. The van der Waals surface area contributed by atoms with E-state index in [9.17, 15) is 9.18 Å². The second-order valence-electron chi connectivity index (χ2n) is 4.96. The third kappa shape index (κ3) is 3.85. The topological polar surface area (TPSA) is 59.9 Å². The van der Waals surface area contributed by atoms with Crippen molar-refractivity contribution in [1.29, 1.82) is 0 Å². The molecule has 0 radical (unpaired) electrons. The molecule has 5 nitrogen and oxygen atoms in total. The summed E-state index contributed by atoms with van der Waals surface area (Å²) in [6.45, 7) is 1.15. The molecule has 2 aromatic rings. The number of ether oxygens (including phenoxy) is 2. The number of nitrogens with one attached hydrogen (secondary N) is 1. The minimum atomic E-state index is -0.362. The maximum absolute atomic E-state index is 12.8. The Morgan fingerprint density at radius 3 is 2.61 bits per heavy atom. The number of carbonyl (C=O) groups is 1. The molecule has 0 aliphatic carbocycles. The second kappa shape index (κ2) is 6.91. The number of fused-ring (bicyclic) bond motifs is 1. The highest BCUT2D eigenvalue weighted by Crippen LogP contribution is 2.30. The number of carbonyl (C=O) groups excluding carboxylic acids is 1. The van der Waals surface area contributed by atoms with Gasteiger partial charge in [-0.1, -0.05) is 12.1 Å². The molecule has 6 heteroatoms. The van der Waals surface area contributed by atoms with Crippen LogP contribution < -0.4 is 14.9 Å². The van der Waals surface area contributed by atoms with E-state index >= 15 is 0 Å². The normalized spacial score (nSPS) is 13.6. The predicted octanol–water partition coefficient (Wildman–Crippen LogP) is 2.75. The first-order valence-electron chi connectivity index (χ1n) is 7.21. The van der Waals surface area contributed by atoms with Crippen LogP contribution in [-0.2, 0) is 0 Å². The highest BCUT2D eigenvalue weighted by atomic mass is 19.1.